The SMILES string of the molecule is O=C(O)/C=C/CC(F)(F)C(F)(F)C(F)(F)C(F)(F)C/C=C/C(=O)O. The highest BCUT2D eigenvalue weighted by atomic mass is 19.4. The van der Waals surface area contributed by atoms with Crippen LogP contribution in [-0.2, 0) is 9.59 Å². The van der Waals surface area contributed by atoms with Gasteiger partial charge in [-0.05, 0) is 0 Å². The van der Waals surface area contributed by atoms with Crippen LogP contribution in [0.3, 0.4) is 0 Å². The molecule has 0 aliphatic carbocycles. The van der Waals surface area contributed by atoms with E-state index in [1.807, 2.05) is 0 Å². The molecule has 0 unspecified atom stereocenters. The minimum Gasteiger partial charge on any atom is -0.478 e. The molecule has 0 rings (SSSR count). The van der Waals surface area contributed by atoms with Crippen molar-refractivity contribution in [2.45, 2.75) is 36.5 Å². The summed E-state index contributed by atoms with van der Waals surface area (Å²) < 4.78 is 106. The molecule has 0 saturated carbocycles. The van der Waals surface area contributed by atoms with E-state index in [-0.39, 0.29) is 24.3 Å². The maximum absolute atomic E-state index is 13.3. The fourth-order valence-corrected chi connectivity index (χ4v) is 1.33. The molecule has 0 amide bonds. The average molecular weight is 370 g/mol. The number of alkyl halides is 8. The van der Waals surface area contributed by atoms with Gasteiger partial charge in [0, 0.05) is 25.0 Å². The van der Waals surface area contributed by atoms with E-state index in [2.05, 4.69) is 0 Å². The Morgan fingerprint density at radius 1 is 0.667 bits per heavy atom. The molecule has 0 atom stereocenters. The minimum atomic E-state index is -6.54. The molecule has 4 nitrogen and oxygen atoms in total. The normalized spacial score (nSPS) is 14.5. The van der Waals surface area contributed by atoms with E-state index >= 15 is 0 Å². The highest BCUT2D eigenvalue weighted by Gasteiger charge is 2.79. The maximum Gasteiger partial charge on any atom is 0.378 e. The van der Waals surface area contributed by atoms with Crippen LogP contribution in [0.15, 0.2) is 24.3 Å². The van der Waals surface area contributed by atoms with Gasteiger partial charge in [-0.2, -0.15) is 35.1 Å². The molecule has 0 aliphatic rings. The number of hydrogen-bond donors (Lipinski definition) is 2. The summed E-state index contributed by atoms with van der Waals surface area (Å²) in [5.74, 6) is -28.1. The quantitative estimate of drug-likeness (QED) is 0.481. The number of halogens is 8. The smallest absolute Gasteiger partial charge is 0.378 e. The molecule has 0 aromatic carbocycles. The Morgan fingerprint density at radius 2 is 0.917 bits per heavy atom. The number of aliphatic carboxylic acids is 2. The second-order valence-corrected chi connectivity index (χ2v) is 4.45. The number of hydrogen-bond acceptors (Lipinski definition) is 2. The summed E-state index contributed by atoms with van der Waals surface area (Å²) in [5.41, 5.74) is 0. The van der Waals surface area contributed by atoms with Crippen LogP contribution >= 0.6 is 0 Å². The van der Waals surface area contributed by atoms with Crippen LogP contribution in [-0.4, -0.2) is 45.8 Å². The first-order valence-electron chi connectivity index (χ1n) is 5.88. The molecule has 24 heavy (non-hydrogen) atoms. The second kappa shape index (κ2) is 7.18. The lowest BCUT2D eigenvalue weighted by Crippen LogP contribution is -2.61. The standard InChI is InChI=1S/C12H10F8O4/c13-9(14,5-1-3-7(21)22)11(17,18)12(19,20)10(15,16)6-2-4-8(23)24/h1-4H,5-6H2,(H,21,22)(H,23,24)/b3-1+,4-2+. The maximum atomic E-state index is 13.3. The molecule has 0 radical (unpaired) electrons. The van der Waals surface area contributed by atoms with Crippen LogP contribution in [0.4, 0.5) is 35.1 Å². The molecule has 138 valence electrons. The molecule has 0 heterocycles. The molecule has 0 spiro atoms. The lowest BCUT2D eigenvalue weighted by Gasteiger charge is -2.36. The zero-order valence-corrected chi connectivity index (χ0v) is 11.5. The van der Waals surface area contributed by atoms with Gasteiger partial charge in [0.2, 0.25) is 0 Å². The van der Waals surface area contributed by atoms with Crippen molar-refractivity contribution < 1.29 is 54.9 Å². The largest absolute Gasteiger partial charge is 0.478 e. The van der Waals surface area contributed by atoms with Crippen molar-refractivity contribution in [1.82, 2.24) is 0 Å². The van der Waals surface area contributed by atoms with Gasteiger partial charge >= 0.3 is 35.6 Å². The first kappa shape index (κ1) is 21.9. The number of rotatable bonds is 9. The van der Waals surface area contributed by atoms with Crippen LogP contribution < -0.4 is 0 Å². The van der Waals surface area contributed by atoms with Crippen molar-refractivity contribution in [2.24, 2.45) is 0 Å². The van der Waals surface area contributed by atoms with Crippen molar-refractivity contribution in [2.75, 3.05) is 0 Å². The highest BCUT2D eigenvalue weighted by Crippen LogP contribution is 2.54. The summed E-state index contributed by atoms with van der Waals surface area (Å²) >= 11 is 0. The summed E-state index contributed by atoms with van der Waals surface area (Å²) in [7, 11) is 0. The van der Waals surface area contributed by atoms with Gasteiger partial charge in [0.25, 0.3) is 0 Å². The zero-order valence-electron chi connectivity index (χ0n) is 11.5. The topological polar surface area (TPSA) is 74.6 Å². The molecular weight excluding hydrogens is 360 g/mol. The number of carboxylic acids is 2. The summed E-state index contributed by atoms with van der Waals surface area (Å²) in [6.07, 6.45) is -4.73. The van der Waals surface area contributed by atoms with E-state index < -0.39 is 48.5 Å². The Labute approximate surface area is 129 Å². The van der Waals surface area contributed by atoms with Gasteiger partial charge in [-0.3, -0.25) is 0 Å². The molecule has 12 heteroatoms. The number of carbonyl (C=O) groups is 2. The van der Waals surface area contributed by atoms with Crippen LogP contribution in [0.5, 0.6) is 0 Å². The summed E-state index contributed by atoms with van der Waals surface area (Å²) in [4.78, 5) is 20.0. The Balaban J connectivity index is 5.53. The third kappa shape index (κ3) is 4.68. The average Bonchev–Trinajstić information content (AvgIpc) is 2.36. The third-order valence-electron chi connectivity index (χ3n) is 2.58. The summed E-state index contributed by atoms with van der Waals surface area (Å²) in [6.45, 7) is 0. The van der Waals surface area contributed by atoms with Gasteiger partial charge in [0.15, 0.2) is 0 Å². The van der Waals surface area contributed by atoms with Gasteiger partial charge in [0.05, 0.1) is 0 Å². The lowest BCUT2D eigenvalue weighted by molar-refractivity contribution is -0.364. The van der Waals surface area contributed by atoms with E-state index in [9.17, 15) is 44.7 Å². The van der Waals surface area contributed by atoms with E-state index in [1.54, 1.807) is 0 Å². The van der Waals surface area contributed by atoms with Gasteiger partial charge < -0.3 is 10.2 Å². The van der Waals surface area contributed by atoms with E-state index in [0.29, 0.717) is 0 Å². The summed E-state index contributed by atoms with van der Waals surface area (Å²) in [6, 6.07) is 0. The van der Waals surface area contributed by atoms with Gasteiger partial charge in [-0.25, -0.2) is 9.59 Å². The van der Waals surface area contributed by atoms with E-state index in [1.165, 1.54) is 0 Å². The fraction of sp³-hybridized carbons (Fsp3) is 0.500. The minimum absolute atomic E-state index is 0.0458. The second-order valence-electron chi connectivity index (χ2n) is 4.45. The van der Waals surface area contributed by atoms with Gasteiger partial charge in [0.1, 0.15) is 0 Å². The van der Waals surface area contributed by atoms with Gasteiger partial charge in [-0.1, -0.05) is 12.2 Å². The van der Waals surface area contributed by atoms with Crippen molar-refractivity contribution in [1.29, 1.82) is 0 Å². The Hall–Kier alpha value is -2.14. The molecule has 2 N–H and O–H groups in total. The van der Waals surface area contributed by atoms with Crippen molar-refractivity contribution in [3.8, 4) is 0 Å². The molecule has 0 fully saturated rings. The Morgan fingerprint density at radius 3 is 1.12 bits per heavy atom. The number of allylic oxidation sites excluding steroid dienone is 2. The van der Waals surface area contributed by atoms with Crippen molar-refractivity contribution in [3.05, 3.63) is 24.3 Å². The molecule has 0 aromatic heterocycles. The van der Waals surface area contributed by atoms with Crippen molar-refractivity contribution >= 4 is 11.9 Å². The molecule has 0 saturated heterocycles. The van der Waals surface area contributed by atoms with Crippen LogP contribution in [0.2, 0.25) is 0 Å². The monoisotopic (exact) mass is 370 g/mol. The predicted octanol–water partition coefficient (Wildman–Crippen LogP) is 3.59. The molecular formula is C12H10F8O4. The summed E-state index contributed by atoms with van der Waals surface area (Å²) in [5, 5.41) is 16.2. The first-order valence-corrected chi connectivity index (χ1v) is 5.88. The molecule has 0 aromatic rings. The fourth-order valence-electron chi connectivity index (χ4n) is 1.33. The zero-order chi connectivity index (χ0) is 19.4. The first-order chi connectivity index (χ1) is 10.6. The predicted molar refractivity (Wildman–Crippen MR) is 62.6 cm³/mol. The van der Waals surface area contributed by atoms with Gasteiger partial charge in [-0.15, -0.1) is 0 Å². The highest BCUT2D eigenvalue weighted by molar-refractivity contribution is 5.80. The molecule has 0 bridgehead atoms. The Bertz CT molecular complexity index is 491. The van der Waals surface area contributed by atoms with E-state index in [4.69, 9.17) is 10.2 Å². The van der Waals surface area contributed by atoms with Crippen LogP contribution in [0.1, 0.15) is 12.8 Å². The van der Waals surface area contributed by atoms with Crippen molar-refractivity contribution in [3.63, 3.8) is 0 Å². The lowest BCUT2D eigenvalue weighted by atomic mass is 9.94. The van der Waals surface area contributed by atoms with Crippen LogP contribution in [0, 0.1) is 0 Å². The third-order valence-corrected chi connectivity index (χ3v) is 2.58. The van der Waals surface area contributed by atoms with E-state index in [0.717, 1.165) is 0 Å². The molecule has 0 aliphatic heterocycles. The Kier molecular flexibility index (Phi) is 6.54. The van der Waals surface area contributed by atoms with Crippen LogP contribution in [0.25, 0.3) is 0 Å². The number of carboxylic acid groups (broad SMARTS) is 2.